The van der Waals surface area contributed by atoms with E-state index in [9.17, 15) is 8.42 Å². The molecule has 0 amide bonds. The van der Waals surface area contributed by atoms with Gasteiger partial charge >= 0.3 is 0 Å². The summed E-state index contributed by atoms with van der Waals surface area (Å²) in [6.45, 7) is 1.74. The first-order valence-corrected chi connectivity index (χ1v) is 11.1. The molecule has 2 aromatic heterocycles. The Bertz CT molecular complexity index is 1150. The summed E-state index contributed by atoms with van der Waals surface area (Å²) in [7, 11) is -2.16. The summed E-state index contributed by atoms with van der Waals surface area (Å²) in [5, 5.41) is 8.24. The fourth-order valence-electron chi connectivity index (χ4n) is 3.07. The predicted molar refractivity (Wildman–Crippen MR) is 110 cm³/mol. The highest BCUT2D eigenvalue weighted by Gasteiger charge is 2.42. The number of nitrogens with two attached hydrogens (primary N) is 1. The predicted octanol–water partition coefficient (Wildman–Crippen LogP) is 2.45. The Labute approximate surface area is 171 Å². The molecular weight excluding hydrogens is 420 g/mol. The van der Waals surface area contributed by atoms with Gasteiger partial charge in [0.1, 0.15) is 5.54 Å². The third kappa shape index (κ3) is 3.17. The van der Waals surface area contributed by atoms with E-state index in [1.165, 1.54) is 18.4 Å². The van der Waals surface area contributed by atoms with Crippen molar-refractivity contribution in [3.8, 4) is 16.1 Å². The minimum absolute atomic E-state index is 0.0445. The fourth-order valence-corrected chi connectivity index (χ4v) is 6.24. The molecule has 1 aliphatic rings. The van der Waals surface area contributed by atoms with Crippen LogP contribution in [0.2, 0.25) is 5.02 Å². The number of benzene rings is 1. The van der Waals surface area contributed by atoms with Crippen molar-refractivity contribution < 1.29 is 8.42 Å². The highest BCUT2D eigenvalue weighted by atomic mass is 35.5. The number of thiophene rings is 1. The van der Waals surface area contributed by atoms with Gasteiger partial charge in [-0.2, -0.15) is 0 Å². The number of hydrogen-bond donors (Lipinski definition) is 1. The van der Waals surface area contributed by atoms with Gasteiger partial charge in [0.25, 0.3) is 0 Å². The van der Waals surface area contributed by atoms with Gasteiger partial charge in [0, 0.05) is 11.9 Å². The molecule has 3 heterocycles. The Morgan fingerprint density at radius 1 is 1.29 bits per heavy atom. The fraction of sp³-hybridized carbons (Fsp3) is 0.235. The van der Waals surface area contributed by atoms with Crippen LogP contribution in [-0.2, 0) is 15.6 Å². The van der Waals surface area contributed by atoms with E-state index in [2.05, 4.69) is 15.3 Å². The molecule has 1 aromatic carbocycles. The normalized spacial score (nSPS) is 21.5. The van der Waals surface area contributed by atoms with Crippen molar-refractivity contribution in [2.24, 2.45) is 10.7 Å². The first-order valence-electron chi connectivity index (χ1n) is 8.28. The molecule has 0 aliphatic carbocycles. The minimum Gasteiger partial charge on any atom is -0.369 e. The van der Waals surface area contributed by atoms with E-state index in [1.807, 2.05) is 30.3 Å². The lowest BCUT2D eigenvalue weighted by Gasteiger charge is -2.33. The minimum atomic E-state index is -3.56. The van der Waals surface area contributed by atoms with Gasteiger partial charge in [-0.05, 0) is 30.7 Å². The van der Waals surface area contributed by atoms with Crippen molar-refractivity contribution in [1.82, 2.24) is 19.3 Å². The second-order valence-electron chi connectivity index (χ2n) is 6.65. The summed E-state index contributed by atoms with van der Waals surface area (Å²) in [6.07, 6.45) is 3.38. The van der Waals surface area contributed by atoms with Gasteiger partial charge in [-0.3, -0.25) is 0 Å². The lowest BCUT2D eigenvalue weighted by molar-refractivity contribution is 0.482. The van der Waals surface area contributed by atoms with E-state index in [1.54, 1.807) is 24.0 Å². The highest BCUT2D eigenvalue weighted by Crippen LogP contribution is 2.44. The molecule has 1 unspecified atom stereocenters. The number of rotatable bonds is 3. The van der Waals surface area contributed by atoms with Crippen LogP contribution < -0.4 is 5.73 Å². The first-order chi connectivity index (χ1) is 13.2. The Kier molecular flexibility index (Phi) is 4.44. The van der Waals surface area contributed by atoms with Crippen LogP contribution in [0.5, 0.6) is 0 Å². The topological polar surface area (TPSA) is 106 Å². The molecule has 1 atom stereocenters. The average molecular weight is 437 g/mol. The van der Waals surface area contributed by atoms with Gasteiger partial charge in [-0.1, -0.05) is 28.9 Å². The van der Waals surface area contributed by atoms with Crippen LogP contribution >= 0.6 is 22.9 Å². The molecule has 0 radical (unpaired) electrons. The quantitative estimate of drug-likeness (QED) is 0.678. The third-order valence-corrected chi connectivity index (χ3v) is 8.38. The van der Waals surface area contributed by atoms with Crippen LogP contribution in [0.4, 0.5) is 0 Å². The van der Waals surface area contributed by atoms with E-state index in [0.717, 1.165) is 20.4 Å². The van der Waals surface area contributed by atoms with Crippen molar-refractivity contribution in [3.05, 3.63) is 52.6 Å². The summed E-state index contributed by atoms with van der Waals surface area (Å²) >= 11 is 7.89. The van der Waals surface area contributed by atoms with Crippen LogP contribution in [-0.4, -0.2) is 46.5 Å². The molecule has 0 fully saturated rings. The molecule has 146 valence electrons. The van der Waals surface area contributed by atoms with Crippen LogP contribution in [0.1, 0.15) is 11.8 Å². The first kappa shape index (κ1) is 18.9. The van der Waals surface area contributed by atoms with Crippen LogP contribution in [0.25, 0.3) is 16.1 Å². The number of sulfonamides is 1. The van der Waals surface area contributed by atoms with E-state index >= 15 is 0 Å². The number of aromatic nitrogens is 3. The van der Waals surface area contributed by atoms with Gasteiger partial charge in [-0.25, -0.2) is 22.4 Å². The van der Waals surface area contributed by atoms with Crippen LogP contribution in [0.15, 0.2) is 47.7 Å². The summed E-state index contributed by atoms with van der Waals surface area (Å²) in [5.74, 6) is -0.237. The van der Waals surface area contributed by atoms with Gasteiger partial charge in [0.05, 0.1) is 33.7 Å². The van der Waals surface area contributed by atoms with Gasteiger partial charge < -0.3 is 5.73 Å². The van der Waals surface area contributed by atoms with E-state index in [-0.39, 0.29) is 11.7 Å². The van der Waals surface area contributed by atoms with Crippen molar-refractivity contribution in [3.63, 3.8) is 0 Å². The largest absolute Gasteiger partial charge is 0.369 e. The van der Waals surface area contributed by atoms with Gasteiger partial charge in [0.2, 0.25) is 16.0 Å². The number of halogens is 1. The molecule has 4 rings (SSSR count). The second-order valence-corrected chi connectivity index (χ2v) is 10.1. The molecule has 0 spiro atoms. The SMILES string of the molecule is CN1C(N)=NC(C)(c2sc(-c3ccc(-n4ccnn4)cc3)cc2Cl)CS1(=O)=O. The standard InChI is InChI=1S/C17H17ClN6O2S2/c1-17(10-28(25,26)23(2)16(19)21-17)15-13(18)9-14(27-15)11-3-5-12(6-4-11)24-8-7-20-22-24/h3-9H,10H2,1-2H3,(H2,19,21). The molecule has 1 aliphatic heterocycles. The summed E-state index contributed by atoms with van der Waals surface area (Å²) in [4.78, 5) is 6.01. The average Bonchev–Trinajstić information content (AvgIpc) is 3.29. The smallest absolute Gasteiger partial charge is 0.239 e. The zero-order chi connectivity index (χ0) is 20.1. The number of aliphatic imine (C=N–C) groups is 1. The Morgan fingerprint density at radius 3 is 2.61 bits per heavy atom. The van der Waals surface area contributed by atoms with E-state index in [4.69, 9.17) is 17.3 Å². The molecule has 2 N–H and O–H groups in total. The molecule has 0 bridgehead atoms. The number of hydrogen-bond acceptors (Lipinski definition) is 7. The maximum Gasteiger partial charge on any atom is 0.239 e. The molecule has 28 heavy (non-hydrogen) atoms. The highest BCUT2D eigenvalue weighted by molar-refractivity contribution is 7.89. The van der Waals surface area contributed by atoms with E-state index < -0.39 is 15.6 Å². The van der Waals surface area contributed by atoms with Crippen molar-refractivity contribution >= 4 is 38.9 Å². The van der Waals surface area contributed by atoms with Gasteiger partial charge in [-0.15, -0.1) is 16.4 Å². The maximum absolute atomic E-state index is 12.4. The van der Waals surface area contributed by atoms with Crippen molar-refractivity contribution in [2.45, 2.75) is 12.5 Å². The molecule has 8 nitrogen and oxygen atoms in total. The van der Waals surface area contributed by atoms with Crippen LogP contribution in [0, 0.1) is 0 Å². The molecule has 11 heteroatoms. The summed E-state index contributed by atoms with van der Waals surface area (Å²) in [6, 6.07) is 9.58. The number of guanidine groups is 1. The Hall–Kier alpha value is -2.43. The second kappa shape index (κ2) is 6.57. The Morgan fingerprint density at radius 2 is 2.00 bits per heavy atom. The molecule has 0 saturated carbocycles. The monoisotopic (exact) mass is 436 g/mol. The van der Waals surface area contributed by atoms with E-state index in [0.29, 0.717) is 9.90 Å². The van der Waals surface area contributed by atoms with Gasteiger partial charge in [0.15, 0.2) is 0 Å². The third-order valence-electron chi connectivity index (χ3n) is 4.58. The maximum atomic E-state index is 12.4. The lowest BCUT2D eigenvalue weighted by Crippen LogP contribution is -2.50. The summed E-state index contributed by atoms with van der Waals surface area (Å²) < 4.78 is 27.5. The summed E-state index contributed by atoms with van der Waals surface area (Å²) in [5.41, 5.74) is 6.65. The number of nitrogens with zero attached hydrogens (tertiary/aromatic N) is 5. The lowest BCUT2D eigenvalue weighted by atomic mass is 10.0. The Balaban J connectivity index is 1.71. The molecular formula is C17H17ClN6O2S2. The van der Waals surface area contributed by atoms with Crippen molar-refractivity contribution in [2.75, 3.05) is 12.8 Å². The zero-order valence-corrected chi connectivity index (χ0v) is 17.5. The molecule has 0 saturated heterocycles. The zero-order valence-electron chi connectivity index (χ0n) is 15.1. The van der Waals surface area contributed by atoms with Crippen LogP contribution in [0.3, 0.4) is 0 Å². The molecule has 3 aromatic rings. The van der Waals surface area contributed by atoms with Crippen molar-refractivity contribution in [1.29, 1.82) is 0 Å².